The van der Waals surface area contributed by atoms with Gasteiger partial charge in [0.25, 0.3) is 0 Å². The minimum atomic E-state index is -0.594. The Morgan fingerprint density at radius 3 is 2.76 bits per heavy atom. The van der Waals surface area contributed by atoms with Gasteiger partial charge in [-0.25, -0.2) is 4.99 Å². The maximum Gasteiger partial charge on any atom is 0.433 e. The van der Waals surface area contributed by atoms with E-state index in [1.165, 1.54) is 18.3 Å². The van der Waals surface area contributed by atoms with E-state index in [4.69, 9.17) is 10.2 Å². The van der Waals surface area contributed by atoms with Crippen LogP contribution in [0.15, 0.2) is 45.3 Å². The quantitative estimate of drug-likeness (QED) is 0.628. The predicted molar refractivity (Wildman–Crippen MR) is 78.3 cm³/mol. The van der Waals surface area contributed by atoms with Crippen molar-refractivity contribution in [1.82, 2.24) is 10.2 Å². The second-order valence-corrected chi connectivity index (χ2v) is 4.35. The molecule has 2 rings (SSSR count). The normalized spacial score (nSPS) is 16.2. The van der Waals surface area contributed by atoms with Crippen molar-refractivity contribution >= 4 is 11.7 Å². The van der Waals surface area contributed by atoms with Gasteiger partial charge < -0.3 is 20.4 Å². The molecule has 8 heteroatoms. The summed E-state index contributed by atoms with van der Waals surface area (Å²) in [6.07, 6.45) is 3.38. The molecular formula is C13H17N5O3. The van der Waals surface area contributed by atoms with Crippen molar-refractivity contribution in [2.24, 2.45) is 10.7 Å². The number of hydrogen-bond acceptors (Lipinski definition) is 7. The van der Waals surface area contributed by atoms with Gasteiger partial charge in [0.1, 0.15) is 4.92 Å². The van der Waals surface area contributed by atoms with Crippen LogP contribution in [0.1, 0.15) is 19.6 Å². The highest BCUT2D eigenvalue weighted by atomic mass is 16.6. The number of nitro groups is 1. The van der Waals surface area contributed by atoms with E-state index in [1.807, 2.05) is 20.0 Å². The van der Waals surface area contributed by atoms with Crippen LogP contribution in [0.2, 0.25) is 0 Å². The van der Waals surface area contributed by atoms with Gasteiger partial charge in [-0.3, -0.25) is 10.1 Å². The number of aliphatic imine (C=N–C) groups is 1. The van der Waals surface area contributed by atoms with Crippen LogP contribution in [-0.4, -0.2) is 28.7 Å². The Kier molecular flexibility index (Phi) is 4.27. The molecule has 0 saturated heterocycles. The van der Waals surface area contributed by atoms with Crippen molar-refractivity contribution in [3.8, 4) is 0 Å². The van der Waals surface area contributed by atoms with Gasteiger partial charge in [-0.2, -0.15) is 0 Å². The average molecular weight is 291 g/mol. The first-order valence-corrected chi connectivity index (χ1v) is 6.56. The molecule has 1 aromatic rings. The third-order valence-corrected chi connectivity index (χ3v) is 3.03. The molecule has 0 atom stereocenters. The lowest BCUT2D eigenvalue weighted by atomic mass is 10.2. The fourth-order valence-corrected chi connectivity index (χ4v) is 1.81. The topological polar surface area (TPSA) is 110 Å². The molecule has 3 N–H and O–H groups in total. The van der Waals surface area contributed by atoms with E-state index < -0.39 is 4.92 Å². The van der Waals surface area contributed by atoms with E-state index >= 15 is 0 Å². The van der Waals surface area contributed by atoms with E-state index in [-0.39, 0.29) is 11.6 Å². The van der Waals surface area contributed by atoms with E-state index in [0.717, 1.165) is 13.1 Å². The summed E-state index contributed by atoms with van der Waals surface area (Å²) in [5.74, 6) is 0.345. The number of rotatable bonds is 5. The van der Waals surface area contributed by atoms with Crippen LogP contribution in [-0.2, 0) is 0 Å². The fraction of sp³-hybridized carbons (Fsp3) is 0.308. The highest BCUT2D eigenvalue weighted by molar-refractivity contribution is 5.99. The fourth-order valence-electron chi connectivity index (χ4n) is 1.81. The lowest BCUT2D eigenvalue weighted by Crippen LogP contribution is -2.31. The molecule has 1 aliphatic heterocycles. The number of nitrogens with two attached hydrogens (primary N) is 1. The first-order valence-electron chi connectivity index (χ1n) is 6.56. The molecule has 0 unspecified atom stereocenters. The molecule has 21 heavy (non-hydrogen) atoms. The Hall–Kier alpha value is -2.77. The molecule has 0 radical (unpaired) electrons. The minimum absolute atomic E-state index is 0.288. The first kappa shape index (κ1) is 14.6. The zero-order valence-electron chi connectivity index (χ0n) is 11.9. The summed E-state index contributed by atoms with van der Waals surface area (Å²) in [4.78, 5) is 16.2. The second kappa shape index (κ2) is 6.12. The van der Waals surface area contributed by atoms with Gasteiger partial charge in [0, 0.05) is 19.3 Å². The van der Waals surface area contributed by atoms with Gasteiger partial charge in [-0.15, -0.1) is 0 Å². The van der Waals surface area contributed by atoms with E-state index in [2.05, 4.69) is 15.2 Å². The van der Waals surface area contributed by atoms with Gasteiger partial charge in [-0.05, 0) is 19.9 Å². The lowest BCUT2D eigenvalue weighted by Gasteiger charge is -2.21. The molecule has 0 spiro atoms. The zero-order valence-corrected chi connectivity index (χ0v) is 11.9. The summed E-state index contributed by atoms with van der Waals surface area (Å²) in [6, 6.07) is 2.78. The van der Waals surface area contributed by atoms with E-state index in [9.17, 15) is 10.1 Å². The molecule has 1 aliphatic rings. The molecule has 8 nitrogen and oxygen atoms in total. The number of furan rings is 1. The van der Waals surface area contributed by atoms with Gasteiger partial charge >= 0.3 is 5.88 Å². The zero-order chi connectivity index (χ0) is 15.4. The standard InChI is InChI=1S/C13H17N5O3/c1-3-17(4-2)8-10-9(14)7-15-13(16-10)11-5-6-12(21-11)18(19)20/h5-8H,3-4,14H2,1-2H3,(H,15,16). The predicted octanol–water partition coefficient (Wildman–Crippen LogP) is 1.52. The molecule has 0 saturated carbocycles. The molecular weight excluding hydrogens is 274 g/mol. The smallest absolute Gasteiger partial charge is 0.397 e. The van der Waals surface area contributed by atoms with Crippen LogP contribution in [0.25, 0.3) is 0 Å². The van der Waals surface area contributed by atoms with E-state index in [0.29, 0.717) is 17.2 Å². The highest BCUT2D eigenvalue weighted by Crippen LogP contribution is 2.18. The molecule has 1 aromatic heterocycles. The van der Waals surface area contributed by atoms with Crippen molar-refractivity contribution in [2.75, 3.05) is 13.1 Å². The Morgan fingerprint density at radius 2 is 2.19 bits per heavy atom. The molecule has 2 heterocycles. The summed E-state index contributed by atoms with van der Waals surface area (Å²) in [7, 11) is 0. The summed E-state index contributed by atoms with van der Waals surface area (Å²) >= 11 is 0. The van der Waals surface area contributed by atoms with Crippen LogP contribution >= 0.6 is 0 Å². The van der Waals surface area contributed by atoms with Gasteiger partial charge in [-0.1, -0.05) is 0 Å². The van der Waals surface area contributed by atoms with Crippen LogP contribution in [0.5, 0.6) is 0 Å². The van der Waals surface area contributed by atoms with Crippen LogP contribution in [0, 0.1) is 10.1 Å². The van der Waals surface area contributed by atoms with Crippen molar-refractivity contribution in [1.29, 1.82) is 0 Å². The number of nitrogens with one attached hydrogen (secondary N) is 1. The summed E-state index contributed by atoms with van der Waals surface area (Å²) < 4.78 is 5.12. The molecule has 112 valence electrons. The molecule has 0 aliphatic carbocycles. The minimum Gasteiger partial charge on any atom is -0.397 e. The first-order chi connectivity index (χ1) is 10.0. The van der Waals surface area contributed by atoms with Crippen molar-refractivity contribution in [3.63, 3.8) is 0 Å². The third kappa shape index (κ3) is 3.22. The van der Waals surface area contributed by atoms with Crippen LogP contribution in [0.4, 0.5) is 5.88 Å². The SMILES string of the molecule is CCN(C=C1NC(c2ccc([N+](=O)[O-])o2)=NC=C1N)CC. The van der Waals surface area contributed by atoms with Crippen molar-refractivity contribution < 1.29 is 9.34 Å². The second-order valence-electron chi connectivity index (χ2n) is 4.35. The number of hydrogen-bond donors (Lipinski definition) is 2. The Morgan fingerprint density at radius 1 is 1.48 bits per heavy atom. The molecule has 0 amide bonds. The summed E-state index contributed by atoms with van der Waals surface area (Å²) in [6.45, 7) is 5.75. The number of amidine groups is 1. The Bertz CT molecular complexity index is 626. The molecule has 0 bridgehead atoms. The van der Waals surface area contributed by atoms with Crippen molar-refractivity contribution in [3.05, 3.63) is 51.8 Å². The van der Waals surface area contributed by atoms with Gasteiger partial charge in [0.15, 0.2) is 11.6 Å². The lowest BCUT2D eigenvalue weighted by molar-refractivity contribution is -0.402. The Labute approximate surface area is 121 Å². The molecule has 0 fully saturated rings. The van der Waals surface area contributed by atoms with Crippen LogP contribution in [0.3, 0.4) is 0 Å². The Balaban J connectivity index is 2.25. The summed E-state index contributed by atoms with van der Waals surface area (Å²) in [5, 5.41) is 13.7. The average Bonchev–Trinajstić information content (AvgIpc) is 2.96. The van der Waals surface area contributed by atoms with Gasteiger partial charge in [0.2, 0.25) is 0 Å². The summed E-state index contributed by atoms with van der Waals surface area (Å²) in [5.41, 5.74) is 7.06. The van der Waals surface area contributed by atoms with Crippen LogP contribution < -0.4 is 11.1 Å². The maximum absolute atomic E-state index is 10.6. The van der Waals surface area contributed by atoms with Gasteiger partial charge in [0.05, 0.1) is 23.7 Å². The monoisotopic (exact) mass is 291 g/mol. The number of nitrogens with zero attached hydrogens (tertiary/aromatic N) is 3. The third-order valence-electron chi connectivity index (χ3n) is 3.03. The maximum atomic E-state index is 10.6. The highest BCUT2D eigenvalue weighted by Gasteiger charge is 2.19. The molecule has 0 aromatic carbocycles. The largest absolute Gasteiger partial charge is 0.433 e. The van der Waals surface area contributed by atoms with E-state index in [1.54, 1.807) is 0 Å². The van der Waals surface area contributed by atoms with Crippen molar-refractivity contribution in [2.45, 2.75) is 13.8 Å².